The first-order valence-corrected chi connectivity index (χ1v) is 6.13. The normalized spacial score (nSPS) is 13.6. The molecule has 0 saturated heterocycles. The van der Waals surface area contributed by atoms with Crippen LogP contribution in [0.1, 0.15) is 16.8 Å². The Morgan fingerprint density at radius 2 is 1.70 bits per heavy atom. The topological polar surface area (TPSA) is 97.1 Å². The van der Waals surface area contributed by atoms with Crippen molar-refractivity contribution in [1.82, 2.24) is 4.98 Å². The molecule has 6 heteroatoms. The van der Waals surface area contributed by atoms with E-state index in [0.29, 0.717) is 18.8 Å². The first kappa shape index (κ1) is 12.4. The fourth-order valence-corrected chi connectivity index (χ4v) is 2.52. The second-order valence-corrected chi connectivity index (χ2v) is 4.88. The van der Waals surface area contributed by atoms with E-state index in [-0.39, 0.29) is 28.7 Å². The van der Waals surface area contributed by atoms with Crippen LogP contribution in [0.5, 0.6) is 23.0 Å². The summed E-state index contributed by atoms with van der Waals surface area (Å²) in [4.78, 5) is 5.81. The Morgan fingerprint density at radius 3 is 2.35 bits per heavy atom. The molecule has 0 aliphatic carbocycles. The summed E-state index contributed by atoms with van der Waals surface area (Å²) in [5.74, 6) is -0.484. The van der Waals surface area contributed by atoms with E-state index < -0.39 is 0 Å². The fraction of sp³-hybridized carbons (Fsp3) is 0.214. The van der Waals surface area contributed by atoms with Gasteiger partial charge in [-0.05, 0) is 12.5 Å². The summed E-state index contributed by atoms with van der Waals surface area (Å²) in [7, 11) is 0. The SMILES string of the molecule is Cc1ncc2c(c1O)CN(c1c(O)cc(O)cc1O)C2. The molecule has 0 saturated carbocycles. The molecule has 2 aromatic rings. The summed E-state index contributed by atoms with van der Waals surface area (Å²) in [6, 6.07) is 2.34. The van der Waals surface area contributed by atoms with E-state index in [2.05, 4.69) is 4.98 Å². The highest BCUT2D eigenvalue weighted by Gasteiger charge is 2.27. The van der Waals surface area contributed by atoms with Gasteiger partial charge in [-0.3, -0.25) is 4.98 Å². The van der Waals surface area contributed by atoms with E-state index in [0.717, 1.165) is 11.1 Å². The molecule has 1 aromatic heterocycles. The molecule has 1 aromatic carbocycles. The molecular weight excluding hydrogens is 260 g/mol. The molecule has 0 amide bonds. The maximum Gasteiger partial charge on any atom is 0.146 e. The van der Waals surface area contributed by atoms with E-state index in [1.807, 2.05) is 0 Å². The molecule has 0 radical (unpaired) electrons. The summed E-state index contributed by atoms with van der Waals surface area (Å²) < 4.78 is 0. The summed E-state index contributed by atoms with van der Waals surface area (Å²) in [6.07, 6.45) is 1.68. The number of anilines is 1. The van der Waals surface area contributed by atoms with Crippen molar-refractivity contribution in [3.63, 3.8) is 0 Å². The van der Waals surface area contributed by atoms with E-state index in [1.165, 1.54) is 12.1 Å². The standard InChI is InChI=1S/C14H14N2O4/c1-7-14(20)10-6-16(5-8(10)4-15-7)13-11(18)2-9(17)3-12(13)19/h2-4,17-20H,5-6H2,1H3. The van der Waals surface area contributed by atoms with Gasteiger partial charge in [0.05, 0.1) is 5.69 Å². The van der Waals surface area contributed by atoms with Crippen molar-refractivity contribution < 1.29 is 20.4 Å². The number of aromatic nitrogens is 1. The van der Waals surface area contributed by atoms with Crippen molar-refractivity contribution in [2.45, 2.75) is 20.0 Å². The number of pyridine rings is 1. The zero-order valence-electron chi connectivity index (χ0n) is 10.8. The quantitative estimate of drug-likeness (QED) is 0.632. The van der Waals surface area contributed by atoms with Crippen molar-refractivity contribution in [3.8, 4) is 23.0 Å². The zero-order chi connectivity index (χ0) is 14.4. The number of phenolic OH excluding ortho intramolecular Hbond substituents is 3. The maximum absolute atomic E-state index is 10.0. The van der Waals surface area contributed by atoms with Gasteiger partial charge in [-0.25, -0.2) is 0 Å². The highest BCUT2D eigenvalue weighted by Crippen LogP contribution is 2.44. The lowest BCUT2D eigenvalue weighted by molar-refractivity contribution is 0.426. The summed E-state index contributed by atoms with van der Waals surface area (Å²) in [5, 5.41) is 39.1. The average molecular weight is 274 g/mol. The third kappa shape index (κ3) is 1.77. The largest absolute Gasteiger partial charge is 0.508 e. The van der Waals surface area contributed by atoms with Crippen LogP contribution in [-0.4, -0.2) is 25.4 Å². The maximum atomic E-state index is 10.0. The van der Waals surface area contributed by atoms with E-state index >= 15 is 0 Å². The fourth-order valence-electron chi connectivity index (χ4n) is 2.52. The molecule has 0 fully saturated rings. The van der Waals surface area contributed by atoms with Gasteiger partial charge in [-0.2, -0.15) is 0 Å². The highest BCUT2D eigenvalue weighted by atomic mass is 16.3. The molecule has 0 atom stereocenters. The summed E-state index contributed by atoms with van der Waals surface area (Å²) in [5.41, 5.74) is 2.37. The van der Waals surface area contributed by atoms with Crippen LogP contribution in [0.25, 0.3) is 0 Å². The number of hydrogen-bond donors (Lipinski definition) is 4. The molecule has 6 nitrogen and oxygen atoms in total. The molecule has 20 heavy (non-hydrogen) atoms. The third-order valence-electron chi connectivity index (χ3n) is 3.51. The monoisotopic (exact) mass is 274 g/mol. The number of aryl methyl sites for hydroxylation is 1. The smallest absolute Gasteiger partial charge is 0.146 e. The number of aromatic hydroxyl groups is 4. The minimum absolute atomic E-state index is 0.141. The van der Waals surface area contributed by atoms with Gasteiger partial charge in [0.15, 0.2) is 0 Å². The second-order valence-electron chi connectivity index (χ2n) is 4.88. The van der Waals surface area contributed by atoms with Crippen LogP contribution in [0, 0.1) is 6.92 Å². The van der Waals surface area contributed by atoms with Crippen LogP contribution in [0.2, 0.25) is 0 Å². The number of benzene rings is 1. The number of rotatable bonds is 1. The van der Waals surface area contributed by atoms with Gasteiger partial charge < -0.3 is 25.3 Å². The molecule has 0 spiro atoms. The molecule has 0 unspecified atom stereocenters. The van der Waals surface area contributed by atoms with Crippen LogP contribution < -0.4 is 4.90 Å². The van der Waals surface area contributed by atoms with Gasteiger partial charge in [0.25, 0.3) is 0 Å². The first-order chi connectivity index (χ1) is 9.47. The lowest BCUT2D eigenvalue weighted by Crippen LogP contribution is -2.14. The van der Waals surface area contributed by atoms with Gasteiger partial charge in [-0.15, -0.1) is 0 Å². The van der Waals surface area contributed by atoms with Gasteiger partial charge in [0.2, 0.25) is 0 Å². The van der Waals surface area contributed by atoms with Gasteiger partial charge in [0, 0.05) is 37.0 Å². The summed E-state index contributed by atoms with van der Waals surface area (Å²) >= 11 is 0. The van der Waals surface area contributed by atoms with E-state index in [9.17, 15) is 20.4 Å². The molecule has 2 heterocycles. The van der Waals surface area contributed by atoms with Crippen LogP contribution in [-0.2, 0) is 13.1 Å². The molecule has 1 aliphatic heterocycles. The molecule has 3 rings (SSSR count). The van der Waals surface area contributed by atoms with Crippen molar-refractivity contribution >= 4 is 5.69 Å². The molecule has 104 valence electrons. The van der Waals surface area contributed by atoms with Gasteiger partial charge in [-0.1, -0.05) is 0 Å². The Hall–Kier alpha value is -2.63. The van der Waals surface area contributed by atoms with Gasteiger partial charge >= 0.3 is 0 Å². The van der Waals surface area contributed by atoms with Crippen LogP contribution in [0.3, 0.4) is 0 Å². The molecule has 4 N–H and O–H groups in total. The Balaban J connectivity index is 2.03. The minimum Gasteiger partial charge on any atom is -0.508 e. The molecule has 0 bridgehead atoms. The van der Waals surface area contributed by atoms with Crippen LogP contribution in [0.4, 0.5) is 5.69 Å². The highest BCUT2D eigenvalue weighted by molar-refractivity contribution is 5.70. The molecular formula is C14H14N2O4. The molecule has 1 aliphatic rings. The number of phenols is 3. The third-order valence-corrected chi connectivity index (χ3v) is 3.51. The summed E-state index contributed by atoms with van der Waals surface area (Å²) in [6.45, 7) is 2.49. The van der Waals surface area contributed by atoms with Crippen LogP contribution >= 0.6 is 0 Å². The van der Waals surface area contributed by atoms with E-state index in [1.54, 1.807) is 18.0 Å². The Labute approximate surface area is 115 Å². The number of hydrogen-bond acceptors (Lipinski definition) is 6. The number of nitrogens with zero attached hydrogens (tertiary/aromatic N) is 2. The van der Waals surface area contributed by atoms with Gasteiger partial charge in [0.1, 0.15) is 28.7 Å². The van der Waals surface area contributed by atoms with E-state index in [4.69, 9.17) is 0 Å². The van der Waals surface area contributed by atoms with Crippen molar-refractivity contribution in [3.05, 3.63) is 35.2 Å². The number of fused-ring (bicyclic) bond motifs is 1. The van der Waals surface area contributed by atoms with Crippen LogP contribution in [0.15, 0.2) is 18.3 Å². The van der Waals surface area contributed by atoms with Crippen molar-refractivity contribution in [1.29, 1.82) is 0 Å². The lowest BCUT2D eigenvalue weighted by atomic mass is 10.1. The van der Waals surface area contributed by atoms with Crippen molar-refractivity contribution in [2.75, 3.05) is 4.90 Å². The Bertz CT molecular complexity index is 677. The predicted octanol–water partition coefficient (Wildman–Crippen LogP) is 1.73. The Morgan fingerprint density at radius 1 is 1.05 bits per heavy atom. The first-order valence-electron chi connectivity index (χ1n) is 6.13. The zero-order valence-corrected chi connectivity index (χ0v) is 10.8. The lowest BCUT2D eigenvalue weighted by Gasteiger charge is -2.20. The van der Waals surface area contributed by atoms with Crippen molar-refractivity contribution in [2.24, 2.45) is 0 Å². The Kier molecular flexibility index (Phi) is 2.60. The average Bonchev–Trinajstić information content (AvgIpc) is 2.77. The minimum atomic E-state index is -0.209. The predicted molar refractivity (Wildman–Crippen MR) is 72.0 cm³/mol. The second kappa shape index (κ2) is 4.19.